The molecule has 1 aliphatic heterocycles. The van der Waals surface area contributed by atoms with Gasteiger partial charge in [0.25, 0.3) is 0 Å². The van der Waals surface area contributed by atoms with Gasteiger partial charge < -0.3 is 10.2 Å². The fraction of sp³-hybridized carbons (Fsp3) is 1.00. The summed E-state index contributed by atoms with van der Waals surface area (Å²) in [6.07, 6.45) is 2.98. The Bertz CT molecular complexity index is 290. The lowest BCUT2D eigenvalue weighted by atomic mass is 10.1. The quantitative estimate of drug-likeness (QED) is 0.788. The molecule has 0 aromatic heterocycles. The number of halogens is 1. The molecule has 0 saturated carbocycles. The highest BCUT2D eigenvalue weighted by Crippen LogP contribution is 2.09. The van der Waals surface area contributed by atoms with Crippen LogP contribution in [0.5, 0.6) is 0 Å². The average molecular weight is 285 g/mol. The van der Waals surface area contributed by atoms with Gasteiger partial charge in [-0.1, -0.05) is 6.92 Å². The lowest BCUT2D eigenvalue weighted by Crippen LogP contribution is -2.42. The van der Waals surface area contributed by atoms with E-state index in [9.17, 15) is 8.42 Å². The van der Waals surface area contributed by atoms with Gasteiger partial charge in [0, 0.05) is 18.3 Å². The summed E-state index contributed by atoms with van der Waals surface area (Å²) >= 11 is 0. The van der Waals surface area contributed by atoms with Crippen molar-refractivity contribution in [3.63, 3.8) is 0 Å². The second-order valence-corrected chi connectivity index (χ2v) is 6.92. The maximum Gasteiger partial charge on any atom is 0.151 e. The predicted octanol–water partition coefficient (Wildman–Crippen LogP) is 0.917. The van der Waals surface area contributed by atoms with Gasteiger partial charge in [-0.05, 0) is 39.4 Å². The summed E-state index contributed by atoms with van der Waals surface area (Å²) in [6.45, 7) is 4.69. The molecule has 0 aromatic carbocycles. The summed E-state index contributed by atoms with van der Waals surface area (Å²) in [5.74, 6) is 0.633. The highest BCUT2D eigenvalue weighted by atomic mass is 35.5. The maximum absolute atomic E-state index is 11.6. The normalized spacial score (nSPS) is 18.1. The van der Waals surface area contributed by atoms with E-state index in [0.717, 1.165) is 32.4 Å². The van der Waals surface area contributed by atoms with Crippen LogP contribution < -0.4 is 5.32 Å². The fourth-order valence-electron chi connectivity index (χ4n) is 2.13. The summed E-state index contributed by atoms with van der Waals surface area (Å²) in [4.78, 5) is 2.20. The van der Waals surface area contributed by atoms with Crippen molar-refractivity contribution in [2.75, 3.05) is 38.2 Å². The molecule has 1 heterocycles. The van der Waals surface area contributed by atoms with Gasteiger partial charge in [-0.3, -0.25) is 0 Å². The SMILES string of the molecule is CCCS(=O)(=O)CCN(C)C1CCNCC1.Cl. The molecule has 17 heavy (non-hydrogen) atoms. The minimum Gasteiger partial charge on any atom is -0.317 e. The molecule has 104 valence electrons. The van der Waals surface area contributed by atoms with Crippen molar-refractivity contribution in [3.05, 3.63) is 0 Å². The van der Waals surface area contributed by atoms with Crippen LogP contribution in [-0.2, 0) is 9.84 Å². The highest BCUT2D eigenvalue weighted by molar-refractivity contribution is 7.91. The molecular weight excluding hydrogens is 260 g/mol. The van der Waals surface area contributed by atoms with Crippen molar-refractivity contribution >= 4 is 22.2 Å². The summed E-state index contributed by atoms with van der Waals surface area (Å²) in [5.41, 5.74) is 0. The van der Waals surface area contributed by atoms with Crippen molar-refractivity contribution in [1.82, 2.24) is 10.2 Å². The first-order valence-corrected chi connectivity index (χ1v) is 7.98. The van der Waals surface area contributed by atoms with Crippen LogP contribution in [0.2, 0.25) is 0 Å². The van der Waals surface area contributed by atoms with E-state index in [4.69, 9.17) is 0 Å². The Morgan fingerprint density at radius 1 is 1.24 bits per heavy atom. The van der Waals surface area contributed by atoms with Crippen LogP contribution >= 0.6 is 12.4 Å². The Labute approximate surface area is 111 Å². The van der Waals surface area contributed by atoms with E-state index < -0.39 is 9.84 Å². The number of hydrogen-bond donors (Lipinski definition) is 1. The first kappa shape index (κ1) is 17.2. The number of nitrogens with zero attached hydrogens (tertiary/aromatic N) is 1. The molecule has 1 rings (SSSR count). The molecule has 0 unspecified atom stereocenters. The zero-order chi connectivity index (χ0) is 12.0. The van der Waals surface area contributed by atoms with Gasteiger partial charge in [-0.25, -0.2) is 8.42 Å². The molecule has 0 aliphatic carbocycles. The van der Waals surface area contributed by atoms with E-state index in [-0.39, 0.29) is 12.4 Å². The molecule has 4 nitrogen and oxygen atoms in total. The first-order valence-electron chi connectivity index (χ1n) is 6.16. The van der Waals surface area contributed by atoms with Crippen molar-refractivity contribution in [2.24, 2.45) is 0 Å². The lowest BCUT2D eigenvalue weighted by Gasteiger charge is -2.31. The topological polar surface area (TPSA) is 49.4 Å². The second-order valence-electron chi connectivity index (χ2n) is 4.61. The minimum atomic E-state index is -2.82. The van der Waals surface area contributed by atoms with E-state index >= 15 is 0 Å². The van der Waals surface area contributed by atoms with E-state index in [0.29, 0.717) is 24.1 Å². The van der Waals surface area contributed by atoms with Crippen molar-refractivity contribution in [1.29, 1.82) is 0 Å². The predicted molar refractivity (Wildman–Crippen MR) is 74.7 cm³/mol. The molecule has 6 heteroatoms. The summed E-state index contributed by atoms with van der Waals surface area (Å²) < 4.78 is 23.2. The van der Waals surface area contributed by atoms with Crippen molar-refractivity contribution < 1.29 is 8.42 Å². The highest BCUT2D eigenvalue weighted by Gasteiger charge is 2.19. The van der Waals surface area contributed by atoms with Crippen molar-refractivity contribution in [2.45, 2.75) is 32.2 Å². The van der Waals surface area contributed by atoms with Crippen LogP contribution in [0, 0.1) is 0 Å². The Kier molecular flexibility index (Phi) is 8.37. The molecule has 1 N–H and O–H groups in total. The third-order valence-corrected chi connectivity index (χ3v) is 5.04. The standard InChI is InChI=1S/C11H24N2O2S.ClH/c1-3-9-16(14,15)10-8-13(2)11-4-6-12-7-5-11;/h11-12H,3-10H2,1-2H3;1H. The molecule has 0 amide bonds. The molecule has 0 aromatic rings. The monoisotopic (exact) mass is 284 g/mol. The molecule has 1 aliphatic rings. The smallest absolute Gasteiger partial charge is 0.151 e. The maximum atomic E-state index is 11.6. The second kappa shape index (κ2) is 8.29. The Balaban J connectivity index is 0.00000256. The molecule has 0 bridgehead atoms. The van der Waals surface area contributed by atoms with Crippen LogP contribution in [0.1, 0.15) is 26.2 Å². The van der Waals surface area contributed by atoms with Gasteiger partial charge in [0.1, 0.15) is 0 Å². The number of hydrogen-bond acceptors (Lipinski definition) is 4. The number of nitrogens with one attached hydrogen (secondary N) is 1. The zero-order valence-corrected chi connectivity index (χ0v) is 12.4. The van der Waals surface area contributed by atoms with E-state index in [1.165, 1.54) is 0 Å². The molecule has 0 radical (unpaired) electrons. The van der Waals surface area contributed by atoms with E-state index in [2.05, 4.69) is 10.2 Å². The Morgan fingerprint density at radius 2 is 1.82 bits per heavy atom. The Hall–Kier alpha value is 0.160. The summed E-state index contributed by atoms with van der Waals surface area (Å²) in [5, 5.41) is 3.32. The average Bonchev–Trinajstić information content (AvgIpc) is 2.27. The summed E-state index contributed by atoms with van der Waals surface area (Å²) in [7, 11) is -0.784. The van der Waals surface area contributed by atoms with Gasteiger partial charge in [0.2, 0.25) is 0 Å². The van der Waals surface area contributed by atoms with Gasteiger partial charge in [0.15, 0.2) is 9.84 Å². The van der Waals surface area contributed by atoms with Gasteiger partial charge in [0.05, 0.1) is 5.75 Å². The van der Waals surface area contributed by atoms with Crippen LogP contribution in [0.4, 0.5) is 0 Å². The summed E-state index contributed by atoms with van der Waals surface area (Å²) in [6, 6.07) is 0.554. The third-order valence-electron chi connectivity index (χ3n) is 3.20. The zero-order valence-electron chi connectivity index (χ0n) is 10.8. The number of sulfone groups is 1. The molecule has 1 fully saturated rings. The van der Waals surface area contributed by atoms with Gasteiger partial charge in [-0.15, -0.1) is 12.4 Å². The molecule has 0 atom stereocenters. The van der Waals surface area contributed by atoms with Crippen LogP contribution in [0.25, 0.3) is 0 Å². The van der Waals surface area contributed by atoms with Crippen LogP contribution in [0.15, 0.2) is 0 Å². The molecule has 1 saturated heterocycles. The molecular formula is C11H25ClN2O2S. The minimum absolute atomic E-state index is 0. The van der Waals surface area contributed by atoms with Gasteiger partial charge in [-0.2, -0.15) is 0 Å². The van der Waals surface area contributed by atoms with Crippen LogP contribution in [0.3, 0.4) is 0 Å². The number of rotatable bonds is 6. The largest absolute Gasteiger partial charge is 0.317 e. The third kappa shape index (κ3) is 6.60. The van der Waals surface area contributed by atoms with Crippen molar-refractivity contribution in [3.8, 4) is 0 Å². The Morgan fingerprint density at radius 3 is 2.35 bits per heavy atom. The fourth-order valence-corrected chi connectivity index (χ4v) is 3.52. The van der Waals surface area contributed by atoms with E-state index in [1.54, 1.807) is 0 Å². The van der Waals surface area contributed by atoms with Crippen LogP contribution in [-0.4, -0.2) is 57.5 Å². The molecule has 0 spiro atoms. The number of piperidine rings is 1. The van der Waals surface area contributed by atoms with E-state index in [1.807, 2.05) is 14.0 Å². The van der Waals surface area contributed by atoms with Gasteiger partial charge >= 0.3 is 0 Å². The lowest BCUT2D eigenvalue weighted by molar-refractivity contribution is 0.209. The first-order chi connectivity index (χ1) is 7.55.